The molecule has 0 aliphatic heterocycles. The molecule has 0 spiro atoms. The summed E-state index contributed by atoms with van der Waals surface area (Å²) >= 11 is 0. The summed E-state index contributed by atoms with van der Waals surface area (Å²) in [5.74, 6) is 0.675. The predicted molar refractivity (Wildman–Crippen MR) is 83.8 cm³/mol. The summed E-state index contributed by atoms with van der Waals surface area (Å²) in [5, 5.41) is 3.48. The van der Waals surface area contributed by atoms with E-state index in [4.69, 9.17) is 9.47 Å². The third-order valence-corrected chi connectivity index (χ3v) is 2.96. The first-order chi connectivity index (χ1) is 9.74. The van der Waals surface area contributed by atoms with Crippen LogP contribution in [-0.4, -0.2) is 26.4 Å². The van der Waals surface area contributed by atoms with Gasteiger partial charge in [0.15, 0.2) is 0 Å². The zero-order chi connectivity index (χ0) is 14.6. The summed E-state index contributed by atoms with van der Waals surface area (Å²) in [4.78, 5) is 0. The van der Waals surface area contributed by atoms with E-state index in [0.717, 1.165) is 26.1 Å². The lowest BCUT2D eigenvalue weighted by atomic mass is 10.1. The highest BCUT2D eigenvalue weighted by atomic mass is 16.5. The van der Waals surface area contributed by atoms with E-state index >= 15 is 0 Å². The van der Waals surface area contributed by atoms with Gasteiger partial charge in [0.2, 0.25) is 0 Å². The Labute approximate surface area is 123 Å². The first-order valence-electron chi connectivity index (χ1n) is 7.67. The van der Waals surface area contributed by atoms with Crippen LogP contribution in [0.2, 0.25) is 0 Å². The molecule has 0 atom stereocenters. The summed E-state index contributed by atoms with van der Waals surface area (Å²) in [6.45, 7) is 11.3. The van der Waals surface area contributed by atoms with Gasteiger partial charge in [-0.15, -0.1) is 0 Å². The van der Waals surface area contributed by atoms with Gasteiger partial charge in [-0.2, -0.15) is 0 Å². The predicted octanol–water partition coefficient (Wildman–Crippen LogP) is 3.38. The van der Waals surface area contributed by atoms with Crippen LogP contribution in [0.15, 0.2) is 24.3 Å². The van der Waals surface area contributed by atoms with E-state index in [1.165, 1.54) is 11.1 Å². The van der Waals surface area contributed by atoms with Crippen molar-refractivity contribution in [3.05, 3.63) is 35.4 Å². The molecule has 1 N–H and O–H groups in total. The average molecular weight is 279 g/mol. The van der Waals surface area contributed by atoms with Crippen LogP contribution >= 0.6 is 0 Å². The van der Waals surface area contributed by atoms with Crippen molar-refractivity contribution in [2.75, 3.05) is 26.4 Å². The minimum Gasteiger partial charge on any atom is -0.379 e. The molecule has 0 saturated heterocycles. The molecule has 114 valence electrons. The van der Waals surface area contributed by atoms with Crippen molar-refractivity contribution >= 4 is 0 Å². The highest BCUT2D eigenvalue weighted by Crippen LogP contribution is 2.10. The maximum atomic E-state index is 5.68. The Hall–Kier alpha value is -0.900. The van der Waals surface area contributed by atoms with Gasteiger partial charge in [-0.3, -0.25) is 0 Å². The number of rotatable bonds is 11. The molecule has 0 aliphatic rings. The number of benzene rings is 1. The number of nitrogens with one attached hydrogen (secondary N) is 1. The fraction of sp³-hybridized carbons (Fsp3) is 0.647. The Morgan fingerprint density at radius 1 is 1.00 bits per heavy atom. The Kier molecular flexibility index (Phi) is 9.29. The van der Waals surface area contributed by atoms with Gasteiger partial charge in [0.25, 0.3) is 0 Å². The molecule has 0 bridgehead atoms. The molecular weight excluding hydrogens is 250 g/mol. The Morgan fingerprint density at radius 3 is 2.40 bits per heavy atom. The SMILES string of the molecule is CCCOCCOCc1ccccc1CNCC(C)C. The van der Waals surface area contributed by atoms with Gasteiger partial charge in [-0.25, -0.2) is 0 Å². The molecule has 0 saturated carbocycles. The molecule has 1 aromatic carbocycles. The monoisotopic (exact) mass is 279 g/mol. The van der Waals surface area contributed by atoms with Gasteiger partial charge in [0.1, 0.15) is 0 Å². The van der Waals surface area contributed by atoms with Gasteiger partial charge in [-0.1, -0.05) is 45.0 Å². The van der Waals surface area contributed by atoms with Crippen LogP contribution in [0.4, 0.5) is 0 Å². The molecule has 0 aliphatic carbocycles. The van der Waals surface area contributed by atoms with Gasteiger partial charge in [0, 0.05) is 13.2 Å². The van der Waals surface area contributed by atoms with Crippen LogP contribution in [0.25, 0.3) is 0 Å². The first kappa shape index (κ1) is 17.2. The summed E-state index contributed by atoms with van der Waals surface area (Å²) in [6, 6.07) is 8.46. The zero-order valence-electron chi connectivity index (χ0n) is 13.2. The number of ether oxygens (including phenoxy) is 2. The quantitative estimate of drug-likeness (QED) is 0.630. The van der Waals surface area contributed by atoms with E-state index in [9.17, 15) is 0 Å². The van der Waals surface area contributed by atoms with E-state index in [2.05, 4.69) is 50.4 Å². The molecule has 0 unspecified atom stereocenters. The lowest BCUT2D eigenvalue weighted by Gasteiger charge is -2.12. The van der Waals surface area contributed by atoms with Crippen LogP contribution in [0, 0.1) is 5.92 Å². The molecule has 3 heteroatoms. The van der Waals surface area contributed by atoms with Crippen molar-refractivity contribution in [2.45, 2.75) is 40.3 Å². The second kappa shape index (κ2) is 10.8. The third kappa shape index (κ3) is 7.63. The van der Waals surface area contributed by atoms with E-state index in [-0.39, 0.29) is 0 Å². The van der Waals surface area contributed by atoms with Crippen LogP contribution < -0.4 is 5.32 Å². The maximum absolute atomic E-state index is 5.68. The van der Waals surface area contributed by atoms with Gasteiger partial charge < -0.3 is 14.8 Å². The Bertz CT molecular complexity index is 353. The average Bonchev–Trinajstić information content (AvgIpc) is 2.44. The van der Waals surface area contributed by atoms with Crippen molar-refractivity contribution in [1.29, 1.82) is 0 Å². The molecule has 3 nitrogen and oxygen atoms in total. The summed E-state index contributed by atoms with van der Waals surface area (Å²) in [6.07, 6.45) is 1.06. The van der Waals surface area contributed by atoms with E-state index in [0.29, 0.717) is 25.7 Å². The van der Waals surface area contributed by atoms with Crippen LogP contribution in [-0.2, 0) is 22.6 Å². The number of hydrogen-bond donors (Lipinski definition) is 1. The summed E-state index contributed by atoms with van der Waals surface area (Å²) in [5.41, 5.74) is 2.59. The van der Waals surface area contributed by atoms with Crippen molar-refractivity contribution in [3.8, 4) is 0 Å². The maximum Gasteiger partial charge on any atom is 0.0721 e. The van der Waals surface area contributed by atoms with Crippen molar-refractivity contribution < 1.29 is 9.47 Å². The zero-order valence-corrected chi connectivity index (χ0v) is 13.2. The van der Waals surface area contributed by atoms with E-state index in [1.54, 1.807) is 0 Å². The van der Waals surface area contributed by atoms with Gasteiger partial charge >= 0.3 is 0 Å². The Balaban J connectivity index is 2.29. The Morgan fingerprint density at radius 2 is 1.70 bits per heavy atom. The van der Waals surface area contributed by atoms with Crippen molar-refractivity contribution in [3.63, 3.8) is 0 Å². The highest BCUT2D eigenvalue weighted by molar-refractivity contribution is 5.26. The van der Waals surface area contributed by atoms with Crippen molar-refractivity contribution in [1.82, 2.24) is 5.32 Å². The van der Waals surface area contributed by atoms with Gasteiger partial charge in [-0.05, 0) is 30.0 Å². The van der Waals surface area contributed by atoms with E-state index in [1.807, 2.05) is 0 Å². The molecular formula is C17H29NO2. The largest absolute Gasteiger partial charge is 0.379 e. The third-order valence-electron chi connectivity index (χ3n) is 2.96. The molecule has 1 aromatic rings. The highest BCUT2D eigenvalue weighted by Gasteiger charge is 2.02. The minimum atomic E-state index is 0.660. The van der Waals surface area contributed by atoms with E-state index < -0.39 is 0 Å². The molecule has 20 heavy (non-hydrogen) atoms. The molecule has 0 radical (unpaired) electrons. The molecule has 0 fully saturated rings. The normalized spacial score (nSPS) is 11.2. The minimum absolute atomic E-state index is 0.660. The number of hydrogen-bond acceptors (Lipinski definition) is 3. The molecule has 0 aromatic heterocycles. The fourth-order valence-electron chi connectivity index (χ4n) is 1.91. The summed E-state index contributed by atoms with van der Waals surface area (Å²) in [7, 11) is 0. The smallest absolute Gasteiger partial charge is 0.0721 e. The van der Waals surface area contributed by atoms with Crippen LogP contribution in [0.1, 0.15) is 38.3 Å². The molecule has 0 heterocycles. The first-order valence-corrected chi connectivity index (χ1v) is 7.67. The van der Waals surface area contributed by atoms with Gasteiger partial charge in [0.05, 0.1) is 19.8 Å². The fourth-order valence-corrected chi connectivity index (χ4v) is 1.91. The van der Waals surface area contributed by atoms with Crippen LogP contribution in [0.5, 0.6) is 0 Å². The molecule has 0 amide bonds. The lowest BCUT2D eigenvalue weighted by Crippen LogP contribution is -2.20. The lowest BCUT2D eigenvalue weighted by molar-refractivity contribution is 0.0406. The second-order valence-electron chi connectivity index (χ2n) is 5.46. The topological polar surface area (TPSA) is 30.5 Å². The molecule has 1 rings (SSSR count). The van der Waals surface area contributed by atoms with Crippen LogP contribution in [0.3, 0.4) is 0 Å². The standard InChI is InChI=1S/C17H29NO2/c1-4-9-19-10-11-20-14-17-8-6-5-7-16(17)13-18-12-15(2)3/h5-8,15,18H,4,9-14H2,1-3H3. The van der Waals surface area contributed by atoms with Crippen molar-refractivity contribution in [2.24, 2.45) is 5.92 Å². The summed E-state index contributed by atoms with van der Waals surface area (Å²) < 4.78 is 11.1. The second-order valence-corrected chi connectivity index (χ2v) is 5.46.